The number of carboxylic acids is 1. The number of unbranched alkanes of at least 4 members (excludes halogenated alkanes) is 1. The number of aryl methyl sites for hydroxylation is 1. The van der Waals surface area contributed by atoms with Gasteiger partial charge in [0.05, 0.1) is 12.9 Å². The van der Waals surface area contributed by atoms with Crippen LogP contribution in [0.1, 0.15) is 74.8 Å². The Bertz CT molecular complexity index is 1440. The SMILES string of the molecule is C=C(OC1=CC=CCC=C1C)C(=O)N1CCc2c(cc(C)c(C)c2C)C1.CC(=O)NC(CN=CNC#N)C(=O)O.CCCCN(C)CC. The highest BCUT2D eigenvalue weighted by Gasteiger charge is 2.26. The van der Waals surface area contributed by atoms with Crippen LogP contribution in [0, 0.1) is 32.2 Å². The van der Waals surface area contributed by atoms with E-state index in [1.807, 2.05) is 24.0 Å². The number of amides is 2. The number of nitriles is 1. The van der Waals surface area contributed by atoms with E-state index in [2.05, 4.69) is 87.0 Å². The monoisotopic (exact) mass is 662 g/mol. The fraction of sp³-hybridized carbons (Fsp3) is 0.486. The van der Waals surface area contributed by atoms with Crippen LogP contribution in [-0.2, 0) is 32.1 Å². The molecule has 1 aliphatic heterocycles. The maximum absolute atomic E-state index is 12.8. The van der Waals surface area contributed by atoms with Crippen molar-refractivity contribution in [2.45, 2.75) is 86.7 Å². The summed E-state index contributed by atoms with van der Waals surface area (Å²) in [5, 5.41) is 20.9. The van der Waals surface area contributed by atoms with E-state index in [-0.39, 0.29) is 18.2 Å². The number of carboxylic acid groups (broad SMARTS) is 1. The number of ether oxygens (including phenoxy) is 1. The average molecular weight is 663 g/mol. The Morgan fingerprint density at radius 1 is 1.23 bits per heavy atom. The molecule has 0 radical (unpaired) electrons. The number of carbonyl (C=O) groups excluding carboxylic acids is 2. The highest BCUT2D eigenvalue weighted by molar-refractivity contribution is 5.91. The Morgan fingerprint density at radius 2 is 1.94 bits per heavy atom. The first-order valence-electron chi connectivity index (χ1n) is 16.4. The largest absolute Gasteiger partial charge is 0.480 e. The van der Waals surface area contributed by atoms with Crippen molar-refractivity contribution in [2.24, 2.45) is 4.99 Å². The molecule has 3 N–H and O–H groups in total. The minimum Gasteiger partial charge on any atom is -0.480 e. The number of nitrogens with zero attached hydrogens (tertiary/aromatic N) is 4. The molecule has 262 valence electrons. The summed E-state index contributed by atoms with van der Waals surface area (Å²) in [6, 6.07) is 1.15. The molecule has 11 nitrogen and oxygen atoms in total. The third kappa shape index (κ3) is 14.4. The zero-order chi connectivity index (χ0) is 36.2. The first-order chi connectivity index (χ1) is 22.8. The first kappa shape index (κ1) is 41.3. The summed E-state index contributed by atoms with van der Waals surface area (Å²) in [5.74, 6) is -0.872. The van der Waals surface area contributed by atoms with E-state index in [1.165, 1.54) is 60.7 Å². The second-order valence-electron chi connectivity index (χ2n) is 11.8. The highest BCUT2D eigenvalue weighted by atomic mass is 16.5. The van der Waals surface area contributed by atoms with Crippen molar-refractivity contribution in [3.63, 3.8) is 0 Å². The fourth-order valence-electron chi connectivity index (χ4n) is 4.84. The van der Waals surface area contributed by atoms with Gasteiger partial charge in [-0.3, -0.25) is 19.9 Å². The van der Waals surface area contributed by atoms with Crippen molar-refractivity contribution in [2.75, 3.05) is 33.2 Å². The standard InChI is InChI=1S/C23H27NO2.C7H10N4O3.C7H17N/c1-15-9-7-6-8-10-22(15)26-19(5)23(25)24-12-11-21-18(4)17(3)16(2)13-20(21)14-24;1-5(12)11-6(7(13)14)2-9-4-10-3-8;1-4-6-7-8(3)5-2/h6,8-10,13H,5,7,11-12,14H2,1-4H3;4,6H,2H2,1H3,(H,9,10)(H,11,12)(H,13,14);4-7H2,1-3H3. The third-order valence-electron chi connectivity index (χ3n) is 8.09. The number of aliphatic carboxylic acids is 1. The molecule has 2 aliphatic rings. The van der Waals surface area contributed by atoms with Gasteiger partial charge in [-0.2, -0.15) is 5.26 Å². The molecule has 1 heterocycles. The Kier molecular flexibility index (Phi) is 18.9. The molecule has 1 aliphatic carbocycles. The van der Waals surface area contributed by atoms with E-state index in [1.54, 1.807) is 6.19 Å². The predicted octanol–water partition coefficient (Wildman–Crippen LogP) is 5.23. The number of rotatable bonds is 12. The second kappa shape index (κ2) is 22.0. The average Bonchev–Trinajstić information content (AvgIpc) is 3.26. The molecule has 0 bridgehead atoms. The lowest BCUT2D eigenvalue weighted by atomic mass is 9.89. The summed E-state index contributed by atoms with van der Waals surface area (Å²) >= 11 is 0. The summed E-state index contributed by atoms with van der Waals surface area (Å²) in [6.07, 6.45) is 15.0. The van der Waals surface area contributed by atoms with Gasteiger partial charge in [0.2, 0.25) is 5.91 Å². The number of benzene rings is 1. The molecule has 11 heteroatoms. The Labute approximate surface area is 286 Å². The van der Waals surface area contributed by atoms with Gasteiger partial charge < -0.3 is 25.0 Å². The number of nitrogens with one attached hydrogen (secondary N) is 2. The van der Waals surface area contributed by atoms with Crippen LogP contribution in [0.4, 0.5) is 0 Å². The van der Waals surface area contributed by atoms with Gasteiger partial charge >= 0.3 is 5.97 Å². The van der Waals surface area contributed by atoms with Crippen LogP contribution < -0.4 is 10.6 Å². The zero-order valence-electron chi connectivity index (χ0n) is 30.0. The summed E-state index contributed by atoms with van der Waals surface area (Å²) in [7, 11) is 2.16. The van der Waals surface area contributed by atoms with Gasteiger partial charge in [-0.25, -0.2) is 4.79 Å². The lowest BCUT2D eigenvalue weighted by Crippen LogP contribution is -2.41. The molecular weight excluding hydrogens is 608 g/mol. The van der Waals surface area contributed by atoms with Crippen molar-refractivity contribution in [1.82, 2.24) is 20.4 Å². The van der Waals surface area contributed by atoms with Crippen molar-refractivity contribution >= 4 is 24.1 Å². The van der Waals surface area contributed by atoms with Gasteiger partial charge in [0.1, 0.15) is 11.8 Å². The number of allylic oxidation sites excluding steroid dienone is 5. The minimum atomic E-state index is -1.17. The van der Waals surface area contributed by atoms with Crippen LogP contribution in [0.2, 0.25) is 0 Å². The molecule has 48 heavy (non-hydrogen) atoms. The van der Waals surface area contributed by atoms with Crippen molar-refractivity contribution in [3.8, 4) is 6.19 Å². The normalized spacial score (nSPS) is 14.0. The number of hydrogen-bond donors (Lipinski definition) is 3. The Hall–Kier alpha value is -4.69. The maximum Gasteiger partial charge on any atom is 0.328 e. The first-order valence-corrected chi connectivity index (χ1v) is 16.4. The van der Waals surface area contributed by atoms with Gasteiger partial charge in [0.15, 0.2) is 12.0 Å². The van der Waals surface area contributed by atoms with Gasteiger partial charge in [-0.05, 0) is 107 Å². The number of carbonyl (C=O) groups is 3. The molecule has 1 unspecified atom stereocenters. The van der Waals surface area contributed by atoms with E-state index in [0.717, 1.165) is 24.8 Å². The summed E-state index contributed by atoms with van der Waals surface area (Å²) in [6.45, 7) is 21.6. The number of aliphatic imine (C=N–C) groups is 1. The summed E-state index contributed by atoms with van der Waals surface area (Å²) < 4.78 is 5.81. The van der Waals surface area contributed by atoms with Crippen molar-refractivity contribution in [3.05, 3.63) is 81.9 Å². The Morgan fingerprint density at radius 3 is 2.54 bits per heavy atom. The van der Waals surface area contributed by atoms with Gasteiger partial charge in [0.25, 0.3) is 5.91 Å². The number of hydrogen-bond acceptors (Lipinski definition) is 7. The topological polar surface area (TPSA) is 147 Å². The lowest BCUT2D eigenvalue weighted by Gasteiger charge is -2.31. The molecule has 1 aromatic rings. The van der Waals surface area contributed by atoms with E-state index >= 15 is 0 Å². The van der Waals surface area contributed by atoms with Crippen LogP contribution in [0.5, 0.6) is 0 Å². The molecule has 0 spiro atoms. The van der Waals surface area contributed by atoms with Crippen molar-refractivity contribution < 1.29 is 24.2 Å². The Balaban J connectivity index is 0.000000439. The van der Waals surface area contributed by atoms with Gasteiger partial charge in [0, 0.05) is 20.0 Å². The van der Waals surface area contributed by atoms with Crippen LogP contribution >= 0.6 is 0 Å². The van der Waals surface area contributed by atoms with Crippen molar-refractivity contribution in [1.29, 1.82) is 5.26 Å². The van der Waals surface area contributed by atoms with E-state index in [9.17, 15) is 14.4 Å². The van der Waals surface area contributed by atoms with E-state index < -0.39 is 17.9 Å². The fourth-order valence-corrected chi connectivity index (χ4v) is 4.84. The molecule has 2 amide bonds. The smallest absolute Gasteiger partial charge is 0.328 e. The molecular formula is C37H54N6O5. The van der Waals surface area contributed by atoms with Crippen LogP contribution in [-0.4, -0.2) is 78.3 Å². The number of fused-ring (bicyclic) bond motifs is 1. The van der Waals surface area contributed by atoms with Gasteiger partial charge in [-0.15, -0.1) is 0 Å². The predicted molar refractivity (Wildman–Crippen MR) is 191 cm³/mol. The zero-order valence-corrected chi connectivity index (χ0v) is 30.0. The quantitative estimate of drug-likeness (QED) is 0.0689. The van der Waals surface area contributed by atoms with E-state index in [0.29, 0.717) is 18.8 Å². The molecule has 0 fully saturated rings. The highest BCUT2D eigenvalue weighted by Crippen LogP contribution is 2.28. The lowest BCUT2D eigenvalue weighted by molar-refractivity contribution is -0.141. The van der Waals surface area contributed by atoms with Crippen LogP contribution in [0.15, 0.2) is 59.0 Å². The summed E-state index contributed by atoms with van der Waals surface area (Å²) in [4.78, 5) is 41.7. The van der Waals surface area contributed by atoms with Crippen LogP contribution in [0.25, 0.3) is 0 Å². The summed E-state index contributed by atoms with van der Waals surface area (Å²) in [5.41, 5.74) is 7.64. The third-order valence-corrected chi connectivity index (χ3v) is 8.09. The maximum atomic E-state index is 12.8. The molecule has 0 aromatic heterocycles. The molecule has 3 rings (SSSR count). The van der Waals surface area contributed by atoms with Crippen LogP contribution in [0.3, 0.4) is 0 Å². The molecule has 1 atom stereocenters. The van der Waals surface area contributed by atoms with E-state index in [4.69, 9.17) is 15.1 Å². The molecule has 0 saturated heterocycles. The second-order valence-corrected chi connectivity index (χ2v) is 11.8. The van der Waals surface area contributed by atoms with Gasteiger partial charge in [-0.1, -0.05) is 51.1 Å². The molecule has 0 saturated carbocycles. The molecule has 1 aromatic carbocycles. The minimum absolute atomic E-state index is 0.121.